The van der Waals surface area contributed by atoms with Gasteiger partial charge in [-0.25, -0.2) is 4.98 Å². The highest BCUT2D eigenvalue weighted by atomic mass is 32.1. The Morgan fingerprint density at radius 3 is 2.89 bits per heavy atom. The van der Waals surface area contributed by atoms with Gasteiger partial charge in [0.25, 0.3) is 5.89 Å². The highest BCUT2D eigenvalue weighted by Gasteiger charge is 2.19. The van der Waals surface area contributed by atoms with E-state index < -0.39 is 0 Å². The summed E-state index contributed by atoms with van der Waals surface area (Å²) in [5.74, 6) is 1.81. The van der Waals surface area contributed by atoms with Crippen LogP contribution in [0.3, 0.4) is 0 Å². The minimum atomic E-state index is 0.328. The summed E-state index contributed by atoms with van der Waals surface area (Å²) in [5.41, 5.74) is 6.63. The van der Waals surface area contributed by atoms with E-state index in [-0.39, 0.29) is 0 Å². The highest BCUT2D eigenvalue weighted by molar-refractivity contribution is 7.18. The Bertz CT molecular complexity index is 698. The second-order valence-corrected chi connectivity index (χ2v) is 5.41. The first-order valence-corrected chi connectivity index (χ1v) is 6.60. The van der Waals surface area contributed by atoms with Gasteiger partial charge in [0.1, 0.15) is 4.88 Å². The van der Waals surface area contributed by atoms with Gasteiger partial charge in [-0.3, -0.25) is 0 Å². The third-order valence-electron chi connectivity index (χ3n) is 2.68. The summed E-state index contributed by atoms with van der Waals surface area (Å²) in [6.45, 7) is 4.17. The number of anilines is 1. The van der Waals surface area contributed by atoms with E-state index in [2.05, 4.69) is 29.0 Å². The SMILES string of the molecule is CC(C)c1ccoc1-c1noc(-c2cnc(N)s2)n1. The first kappa shape index (κ1) is 11.9. The van der Waals surface area contributed by atoms with E-state index in [0.717, 1.165) is 10.4 Å². The number of nitrogens with zero attached hydrogens (tertiary/aromatic N) is 3. The van der Waals surface area contributed by atoms with Gasteiger partial charge in [-0.15, -0.1) is 0 Å². The summed E-state index contributed by atoms with van der Waals surface area (Å²) in [6.07, 6.45) is 3.24. The number of nitrogens with two attached hydrogens (primary N) is 1. The molecule has 6 nitrogen and oxygen atoms in total. The van der Waals surface area contributed by atoms with E-state index in [0.29, 0.717) is 28.5 Å². The third-order valence-corrected chi connectivity index (χ3v) is 3.50. The molecule has 2 N–H and O–H groups in total. The molecule has 3 aromatic rings. The van der Waals surface area contributed by atoms with Crippen LogP contribution in [-0.4, -0.2) is 15.1 Å². The lowest BCUT2D eigenvalue weighted by atomic mass is 10.0. The van der Waals surface area contributed by atoms with Crippen molar-refractivity contribution < 1.29 is 8.94 Å². The molecule has 0 atom stereocenters. The zero-order valence-corrected chi connectivity index (χ0v) is 11.3. The molecule has 7 heteroatoms. The fourth-order valence-electron chi connectivity index (χ4n) is 1.76. The van der Waals surface area contributed by atoms with Crippen molar-refractivity contribution >= 4 is 16.5 Å². The van der Waals surface area contributed by atoms with Gasteiger partial charge in [-0.1, -0.05) is 30.3 Å². The summed E-state index contributed by atoms with van der Waals surface area (Å²) in [4.78, 5) is 9.02. The molecule has 0 aliphatic rings. The van der Waals surface area contributed by atoms with E-state index in [1.807, 2.05) is 6.07 Å². The summed E-state index contributed by atoms with van der Waals surface area (Å²) < 4.78 is 10.7. The average Bonchev–Trinajstić information content (AvgIpc) is 3.07. The van der Waals surface area contributed by atoms with Crippen molar-refractivity contribution in [2.75, 3.05) is 5.73 Å². The van der Waals surface area contributed by atoms with Gasteiger partial charge in [0, 0.05) is 5.56 Å². The molecule has 0 aromatic carbocycles. The largest absolute Gasteiger partial charge is 0.461 e. The van der Waals surface area contributed by atoms with Crippen LogP contribution >= 0.6 is 11.3 Å². The molecule has 0 aliphatic carbocycles. The van der Waals surface area contributed by atoms with E-state index in [1.54, 1.807) is 12.5 Å². The van der Waals surface area contributed by atoms with Crippen LogP contribution in [0.1, 0.15) is 25.3 Å². The van der Waals surface area contributed by atoms with Crippen LogP contribution in [0, 0.1) is 0 Å². The van der Waals surface area contributed by atoms with Crippen LogP contribution in [0.25, 0.3) is 22.4 Å². The summed E-state index contributed by atoms with van der Waals surface area (Å²) in [5, 5.41) is 4.41. The van der Waals surface area contributed by atoms with Crippen molar-refractivity contribution in [1.29, 1.82) is 0 Å². The molecular weight excluding hydrogens is 264 g/mol. The zero-order valence-electron chi connectivity index (χ0n) is 10.5. The molecule has 3 heterocycles. The van der Waals surface area contributed by atoms with Crippen molar-refractivity contribution in [3.8, 4) is 22.4 Å². The molecular formula is C12H12N4O2S. The lowest BCUT2D eigenvalue weighted by Gasteiger charge is -2.01. The van der Waals surface area contributed by atoms with Gasteiger partial charge in [0.05, 0.1) is 12.5 Å². The van der Waals surface area contributed by atoms with Crippen LogP contribution in [0.15, 0.2) is 27.5 Å². The van der Waals surface area contributed by atoms with Gasteiger partial charge in [-0.2, -0.15) is 4.98 Å². The molecule has 0 spiro atoms. The number of furan rings is 1. The van der Waals surface area contributed by atoms with Gasteiger partial charge < -0.3 is 14.7 Å². The highest BCUT2D eigenvalue weighted by Crippen LogP contribution is 2.31. The first-order valence-electron chi connectivity index (χ1n) is 5.78. The first-order chi connectivity index (χ1) is 9.15. The Morgan fingerprint density at radius 2 is 2.21 bits per heavy atom. The van der Waals surface area contributed by atoms with Crippen LogP contribution in [-0.2, 0) is 0 Å². The number of rotatable bonds is 3. The lowest BCUT2D eigenvalue weighted by Crippen LogP contribution is -1.88. The number of hydrogen-bond donors (Lipinski definition) is 1. The summed E-state index contributed by atoms with van der Waals surface area (Å²) >= 11 is 1.30. The van der Waals surface area contributed by atoms with Gasteiger partial charge in [0.15, 0.2) is 10.9 Å². The maximum Gasteiger partial charge on any atom is 0.270 e. The predicted octanol–water partition coefficient (Wildman–Crippen LogP) is 3.16. The summed E-state index contributed by atoms with van der Waals surface area (Å²) in [7, 11) is 0. The lowest BCUT2D eigenvalue weighted by molar-refractivity contribution is 0.430. The zero-order chi connectivity index (χ0) is 13.4. The normalized spacial score (nSPS) is 11.3. The van der Waals surface area contributed by atoms with Crippen molar-refractivity contribution in [3.05, 3.63) is 24.1 Å². The fourth-order valence-corrected chi connectivity index (χ4v) is 2.36. The molecule has 0 saturated carbocycles. The molecule has 0 bridgehead atoms. The van der Waals surface area contributed by atoms with Crippen LogP contribution in [0.4, 0.5) is 5.13 Å². The van der Waals surface area contributed by atoms with Crippen molar-refractivity contribution in [2.45, 2.75) is 19.8 Å². The van der Waals surface area contributed by atoms with Crippen LogP contribution < -0.4 is 5.73 Å². The monoisotopic (exact) mass is 276 g/mol. The fraction of sp³-hybridized carbons (Fsp3) is 0.250. The van der Waals surface area contributed by atoms with Crippen LogP contribution in [0.5, 0.6) is 0 Å². The maximum absolute atomic E-state index is 5.58. The Labute approximate surface area is 113 Å². The summed E-state index contributed by atoms with van der Waals surface area (Å²) in [6, 6.07) is 1.92. The Hall–Kier alpha value is -2.15. The predicted molar refractivity (Wildman–Crippen MR) is 71.6 cm³/mol. The molecule has 3 rings (SSSR count). The van der Waals surface area contributed by atoms with E-state index in [9.17, 15) is 0 Å². The topological polar surface area (TPSA) is 91.0 Å². The standard InChI is InChI=1S/C12H12N4O2S/c1-6(2)7-3-4-17-9(7)10-15-11(18-16-10)8-5-14-12(13)19-8/h3-6H,1-2H3,(H2,13,14). The number of hydrogen-bond acceptors (Lipinski definition) is 7. The molecule has 0 aliphatic heterocycles. The molecule has 0 amide bonds. The van der Waals surface area contributed by atoms with E-state index in [1.165, 1.54) is 11.3 Å². The molecule has 0 unspecified atom stereocenters. The number of aromatic nitrogens is 3. The minimum absolute atomic E-state index is 0.328. The minimum Gasteiger partial charge on any atom is -0.461 e. The average molecular weight is 276 g/mol. The Kier molecular flexibility index (Phi) is 2.83. The molecule has 19 heavy (non-hydrogen) atoms. The van der Waals surface area contributed by atoms with Crippen molar-refractivity contribution in [3.63, 3.8) is 0 Å². The van der Waals surface area contributed by atoms with Crippen molar-refractivity contribution in [1.82, 2.24) is 15.1 Å². The second-order valence-electron chi connectivity index (χ2n) is 4.35. The Morgan fingerprint density at radius 1 is 1.37 bits per heavy atom. The Balaban J connectivity index is 1.99. The van der Waals surface area contributed by atoms with Gasteiger partial charge in [0.2, 0.25) is 5.82 Å². The third kappa shape index (κ3) is 2.12. The second kappa shape index (κ2) is 4.51. The molecule has 0 saturated heterocycles. The van der Waals surface area contributed by atoms with Gasteiger partial charge >= 0.3 is 0 Å². The molecule has 0 radical (unpaired) electrons. The maximum atomic E-state index is 5.58. The number of thiazole rings is 1. The molecule has 0 fully saturated rings. The smallest absolute Gasteiger partial charge is 0.270 e. The molecule has 3 aromatic heterocycles. The van der Waals surface area contributed by atoms with Gasteiger partial charge in [-0.05, 0) is 12.0 Å². The van der Waals surface area contributed by atoms with E-state index >= 15 is 0 Å². The van der Waals surface area contributed by atoms with E-state index in [4.69, 9.17) is 14.7 Å². The molecule has 98 valence electrons. The quantitative estimate of drug-likeness (QED) is 0.790. The van der Waals surface area contributed by atoms with Crippen molar-refractivity contribution in [2.24, 2.45) is 0 Å². The number of nitrogen functional groups attached to an aromatic ring is 1. The van der Waals surface area contributed by atoms with Crippen LogP contribution in [0.2, 0.25) is 0 Å².